The van der Waals surface area contributed by atoms with E-state index in [1.54, 1.807) is 0 Å². The Morgan fingerprint density at radius 2 is 1.00 bits per heavy atom. The van der Waals surface area contributed by atoms with Crippen LogP contribution in [-0.4, -0.2) is 87.0 Å². The first-order valence-electron chi connectivity index (χ1n) is 17.4. The lowest BCUT2D eigenvalue weighted by Crippen LogP contribution is -2.71. The summed E-state index contributed by atoms with van der Waals surface area (Å²) in [6.07, 6.45) is 10.6. The molecule has 2 N–H and O–H groups in total. The smallest absolute Gasteiger partial charge is 0.318 e. The zero-order valence-electron chi connectivity index (χ0n) is 27.6. The molecule has 0 atom stereocenters. The Labute approximate surface area is 289 Å². The number of nitrogens with zero attached hydrogens (tertiary/aromatic N) is 15. The minimum atomic E-state index is -0.558. The maximum absolute atomic E-state index is 6.30. The van der Waals surface area contributed by atoms with Gasteiger partial charge in [-0.25, -0.2) is 30.0 Å². The first-order valence-corrected chi connectivity index (χ1v) is 17.4. The van der Waals surface area contributed by atoms with E-state index in [0.29, 0.717) is 0 Å². The third kappa shape index (κ3) is 3.61. The van der Waals surface area contributed by atoms with Crippen molar-refractivity contribution < 1.29 is 9.15 Å². The van der Waals surface area contributed by atoms with Gasteiger partial charge in [-0.2, -0.15) is 18.3 Å². The van der Waals surface area contributed by atoms with Crippen LogP contribution < -0.4 is 16.7 Å². The SMILES string of the molecule is Cn1c2ccc1N=C1CCC(=N1)N=C1C=CC(=NC3=NC(=N2)CC3)C1N.c1cc2n3c1N=C1CCC4=[N+]1C31n3c(ccc3=NC3=[N+]1C(=N2)CC3)=N4. The van der Waals surface area contributed by atoms with E-state index in [9.17, 15) is 0 Å². The van der Waals surface area contributed by atoms with Crippen LogP contribution in [-0.2, 0) is 13.0 Å². The molecule has 0 saturated carbocycles. The predicted octanol–water partition coefficient (Wildman–Crippen LogP) is 2.43. The van der Waals surface area contributed by atoms with Crippen LogP contribution in [0.1, 0.15) is 51.4 Å². The van der Waals surface area contributed by atoms with Gasteiger partial charge in [-0.1, -0.05) is 20.0 Å². The third-order valence-corrected chi connectivity index (χ3v) is 10.8. The average molecular weight is 675 g/mol. The largest absolute Gasteiger partial charge is 0.403 e. The summed E-state index contributed by atoms with van der Waals surface area (Å²) in [5.74, 6) is 10.5. The van der Waals surface area contributed by atoms with Crippen molar-refractivity contribution in [3.63, 3.8) is 0 Å². The van der Waals surface area contributed by atoms with Crippen molar-refractivity contribution >= 4 is 81.4 Å². The Bertz CT molecular complexity index is 2550. The van der Waals surface area contributed by atoms with Crippen molar-refractivity contribution in [2.24, 2.45) is 62.7 Å². The van der Waals surface area contributed by atoms with Gasteiger partial charge in [-0.3, -0.25) is 0 Å². The fraction of sp³-hybridized carbons (Fsp3) is 0.314. The fourth-order valence-corrected chi connectivity index (χ4v) is 8.54. The normalized spacial score (nSPS) is 24.2. The number of nitrogens with two attached hydrogens (primary N) is 1. The van der Waals surface area contributed by atoms with Gasteiger partial charge < -0.3 is 10.3 Å². The summed E-state index contributed by atoms with van der Waals surface area (Å²) in [5, 5.41) is 0. The highest BCUT2D eigenvalue weighted by molar-refractivity contribution is 6.30. The number of aliphatic imine (C=N–C) groups is 8. The first kappa shape index (κ1) is 27.6. The number of amidine groups is 8. The van der Waals surface area contributed by atoms with E-state index in [0.717, 1.165) is 144 Å². The van der Waals surface area contributed by atoms with Crippen molar-refractivity contribution in [1.29, 1.82) is 0 Å². The van der Waals surface area contributed by atoms with Crippen molar-refractivity contribution in [1.82, 2.24) is 13.7 Å². The summed E-state index contributed by atoms with van der Waals surface area (Å²) < 4.78 is 11.1. The molecule has 3 aromatic rings. The molecule has 16 heteroatoms. The van der Waals surface area contributed by atoms with Crippen LogP contribution in [0, 0.1) is 0 Å². The van der Waals surface area contributed by atoms with Gasteiger partial charge in [0, 0.05) is 82.7 Å². The quantitative estimate of drug-likeness (QED) is 0.356. The van der Waals surface area contributed by atoms with E-state index in [2.05, 4.69) is 72.5 Å². The molecule has 0 radical (unpaired) electrons. The molecule has 1 aliphatic carbocycles. The Balaban J connectivity index is 0.000000116. The highest BCUT2D eigenvalue weighted by Gasteiger charge is 2.66. The van der Waals surface area contributed by atoms with E-state index in [4.69, 9.17) is 25.7 Å². The molecule has 16 nitrogen and oxygen atoms in total. The Morgan fingerprint density at radius 3 is 1.51 bits per heavy atom. The zero-order chi connectivity index (χ0) is 33.6. The highest BCUT2D eigenvalue weighted by Crippen LogP contribution is 2.46. The zero-order valence-corrected chi connectivity index (χ0v) is 27.6. The molecular weight excluding hydrogens is 644 g/mol. The van der Waals surface area contributed by atoms with Gasteiger partial charge in [0.2, 0.25) is 46.0 Å². The number of fused-ring (bicyclic) bond motifs is 6. The topological polar surface area (TPSA) is 170 Å². The van der Waals surface area contributed by atoms with E-state index >= 15 is 0 Å². The molecule has 51 heavy (non-hydrogen) atoms. The number of hydrogen-bond acceptors (Lipinski definition) is 11. The van der Waals surface area contributed by atoms with Gasteiger partial charge in [0.15, 0.2) is 0 Å². The van der Waals surface area contributed by atoms with Crippen molar-refractivity contribution in [2.75, 3.05) is 0 Å². The monoisotopic (exact) mass is 674 g/mol. The van der Waals surface area contributed by atoms with E-state index in [1.807, 2.05) is 35.9 Å². The van der Waals surface area contributed by atoms with Gasteiger partial charge >= 0.3 is 5.91 Å². The first-order chi connectivity index (χ1) is 25.0. The number of hydrogen-bond donors (Lipinski definition) is 1. The molecule has 0 unspecified atom stereocenters. The van der Waals surface area contributed by atoms with Crippen LogP contribution in [0.15, 0.2) is 98.5 Å². The molecule has 3 aromatic heterocycles. The average Bonchev–Trinajstić information content (AvgIpc) is 3.99. The molecule has 10 aliphatic rings. The second-order valence-corrected chi connectivity index (χ2v) is 13.8. The molecule has 12 heterocycles. The summed E-state index contributed by atoms with van der Waals surface area (Å²) in [6, 6.07) is 11.9. The van der Waals surface area contributed by atoms with Gasteiger partial charge in [-0.15, -0.1) is 0 Å². The second-order valence-electron chi connectivity index (χ2n) is 13.8. The summed E-state index contributed by atoms with van der Waals surface area (Å²) >= 11 is 0. The molecule has 0 saturated heterocycles. The lowest BCUT2D eigenvalue weighted by Gasteiger charge is -2.40. The number of aromatic nitrogens is 3. The van der Waals surface area contributed by atoms with Crippen molar-refractivity contribution in [2.45, 2.75) is 63.3 Å². The Morgan fingerprint density at radius 1 is 0.529 bits per heavy atom. The van der Waals surface area contributed by atoms with Crippen molar-refractivity contribution in [3.8, 4) is 0 Å². The minimum Gasteiger partial charge on any atom is -0.318 e. The molecule has 8 bridgehead atoms. The standard InChI is InChI=1S/C18H18N8.C17H12N8/c1-26-16-8-9-17(26)25-15-7-5-13(23-15)21-11-3-2-10(18(11)19)20-12-4-6-14(22-12)24-16;1-2-10-19-12-5-6-14-21-16-8-7-15-20-13-4-3-11-18-9(1)22(10)17(23(11)13,24(12)14)25(15)16/h2-3,8-9,18H,4-7,19H2,1H3;1-2,7-8H,3-6H2/q;+2. The molecule has 13 rings (SSSR count). The maximum Gasteiger partial charge on any atom is 0.403 e. The van der Waals surface area contributed by atoms with E-state index in [-0.39, 0.29) is 6.04 Å². The van der Waals surface area contributed by atoms with E-state index < -0.39 is 5.91 Å². The van der Waals surface area contributed by atoms with Gasteiger partial charge in [0.1, 0.15) is 35.0 Å². The van der Waals surface area contributed by atoms with E-state index in [1.165, 1.54) is 0 Å². The molecule has 0 amide bonds. The predicted molar refractivity (Wildman–Crippen MR) is 193 cm³/mol. The molecular formula is C35H30N16+2. The van der Waals surface area contributed by atoms with Crippen molar-refractivity contribution in [3.05, 3.63) is 59.5 Å². The second kappa shape index (κ2) is 9.54. The highest BCUT2D eigenvalue weighted by atomic mass is 15.7. The lowest BCUT2D eigenvalue weighted by atomic mass is 10.2. The van der Waals surface area contributed by atoms with Gasteiger partial charge in [0.25, 0.3) is 0 Å². The number of rotatable bonds is 0. The summed E-state index contributed by atoms with van der Waals surface area (Å²) in [5.41, 5.74) is 9.80. The minimum absolute atomic E-state index is 0.344. The fourth-order valence-electron chi connectivity index (χ4n) is 8.54. The van der Waals surface area contributed by atoms with Crippen LogP contribution >= 0.6 is 0 Å². The van der Waals surface area contributed by atoms with Crippen LogP contribution in [0.2, 0.25) is 0 Å². The molecule has 0 fully saturated rings. The third-order valence-electron chi connectivity index (χ3n) is 10.8. The molecule has 248 valence electrons. The molecule has 9 aliphatic heterocycles. The van der Waals surface area contributed by atoms with Crippen LogP contribution in [0.25, 0.3) is 0 Å². The lowest BCUT2D eigenvalue weighted by molar-refractivity contribution is -0.791. The van der Waals surface area contributed by atoms with Crippen LogP contribution in [0.3, 0.4) is 0 Å². The van der Waals surface area contributed by atoms with Gasteiger partial charge in [-0.05, 0) is 24.3 Å². The Kier molecular flexibility index (Phi) is 5.17. The summed E-state index contributed by atoms with van der Waals surface area (Å²) in [7, 11) is 1.95. The Hall–Kier alpha value is -6.16. The molecule has 1 spiro atoms. The summed E-state index contributed by atoms with van der Waals surface area (Å²) in [6.45, 7) is 0. The van der Waals surface area contributed by atoms with Crippen LogP contribution in [0.4, 0.5) is 23.3 Å². The van der Waals surface area contributed by atoms with Crippen LogP contribution in [0.5, 0.6) is 0 Å². The maximum atomic E-state index is 6.30. The summed E-state index contributed by atoms with van der Waals surface area (Å²) in [4.78, 5) is 47.4. The van der Waals surface area contributed by atoms with Gasteiger partial charge in [0.05, 0.1) is 17.5 Å². The molecule has 0 aromatic carbocycles.